The van der Waals surface area contributed by atoms with Crippen molar-refractivity contribution in [2.75, 3.05) is 11.9 Å². The molecule has 3 rings (SSSR count). The first-order chi connectivity index (χ1) is 13.7. The van der Waals surface area contributed by atoms with Gasteiger partial charge in [0.15, 0.2) is 0 Å². The van der Waals surface area contributed by atoms with Gasteiger partial charge in [0, 0.05) is 12.2 Å². The van der Waals surface area contributed by atoms with Gasteiger partial charge in [-0.15, -0.1) is 0 Å². The number of carbonyl (C=O) groups excluding carboxylic acids is 2. The minimum atomic E-state index is -0.684. The Morgan fingerprint density at radius 2 is 1.32 bits per heavy atom. The average Bonchev–Trinajstić information content (AvgIpc) is 2.74. The normalized spacial score (nSPS) is 10.1. The Morgan fingerprint density at radius 3 is 2.00 bits per heavy atom. The standard InChI is InChI=1S/C23H22N2O3/c26-22(24-17-7-10-18-8-3-1-4-9-18)23(27)25-19-13-15-21(16-14-19)28-20-11-5-2-6-12-20/h1-6,8-9,11-16H,7,10,17H2,(H,24,26)(H,25,27). The predicted octanol–water partition coefficient (Wildman–Crippen LogP) is 4.17. The number of ether oxygens (including phenoxy) is 1. The van der Waals surface area contributed by atoms with Crippen molar-refractivity contribution in [3.05, 3.63) is 90.5 Å². The number of carbonyl (C=O) groups is 2. The fourth-order valence-corrected chi connectivity index (χ4v) is 2.64. The number of amides is 2. The molecule has 142 valence electrons. The van der Waals surface area contributed by atoms with Gasteiger partial charge in [0.2, 0.25) is 0 Å². The molecule has 0 radical (unpaired) electrons. The predicted molar refractivity (Wildman–Crippen MR) is 109 cm³/mol. The topological polar surface area (TPSA) is 67.4 Å². The number of anilines is 1. The van der Waals surface area contributed by atoms with Crippen LogP contribution in [0.2, 0.25) is 0 Å². The second-order valence-corrected chi connectivity index (χ2v) is 6.24. The highest BCUT2D eigenvalue weighted by atomic mass is 16.5. The van der Waals surface area contributed by atoms with E-state index in [-0.39, 0.29) is 0 Å². The SMILES string of the molecule is O=C(NCCCc1ccccc1)C(=O)Nc1ccc(Oc2ccccc2)cc1. The lowest BCUT2D eigenvalue weighted by molar-refractivity contribution is -0.136. The first-order valence-corrected chi connectivity index (χ1v) is 9.17. The van der Waals surface area contributed by atoms with E-state index in [4.69, 9.17) is 4.74 Å². The molecule has 0 atom stereocenters. The van der Waals surface area contributed by atoms with Crippen LogP contribution in [0.5, 0.6) is 11.5 Å². The number of benzene rings is 3. The van der Waals surface area contributed by atoms with Crippen LogP contribution in [-0.4, -0.2) is 18.4 Å². The Bertz CT molecular complexity index is 894. The van der Waals surface area contributed by atoms with Crippen LogP contribution in [0.15, 0.2) is 84.9 Å². The Labute approximate surface area is 164 Å². The van der Waals surface area contributed by atoms with Gasteiger partial charge in [-0.05, 0) is 54.8 Å². The fraction of sp³-hybridized carbons (Fsp3) is 0.130. The van der Waals surface area contributed by atoms with Crippen molar-refractivity contribution in [3.63, 3.8) is 0 Å². The molecule has 0 aromatic heterocycles. The highest BCUT2D eigenvalue weighted by Gasteiger charge is 2.13. The zero-order valence-electron chi connectivity index (χ0n) is 15.4. The molecule has 0 saturated heterocycles. The summed E-state index contributed by atoms with van der Waals surface area (Å²) < 4.78 is 5.70. The summed E-state index contributed by atoms with van der Waals surface area (Å²) in [4.78, 5) is 23.9. The first-order valence-electron chi connectivity index (χ1n) is 9.17. The lowest BCUT2D eigenvalue weighted by Gasteiger charge is -2.08. The number of para-hydroxylation sites is 1. The van der Waals surface area contributed by atoms with Gasteiger partial charge in [-0.2, -0.15) is 0 Å². The van der Waals surface area contributed by atoms with Crippen molar-refractivity contribution >= 4 is 17.5 Å². The van der Waals surface area contributed by atoms with Gasteiger partial charge < -0.3 is 15.4 Å². The van der Waals surface area contributed by atoms with Crippen molar-refractivity contribution in [1.29, 1.82) is 0 Å². The maximum Gasteiger partial charge on any atom is 0.313 e. The number of hydrogen-bond donors (Lipinski definition) is 2. The summed E-state index contributed by atoms with van der Waals surface area (Å²) >= 11 is 0. The number of nitrogens with one attached hydrogen (secondary N) is 2. The van der Waals surface area contributed by atoms with Crippen LogP contribution in [0.1, 0.15) is 12.0 Å². The summed E-state index contributed by atoms with van der Waals surface area (Å²) in [5.41, 5.74) is 1.74. The molecule has 2 N–H and O–H groups in total. The van der Waals surface area contributed by atoms with E-state index >= 15 is 0 Å². The quantitative estimate of drug-likeness (QED) is 0.482. The van der Waals surface area contributed by atoms with Crippen molar-refractivity contribution in [3.8, 4) is 11.5 Å². The van der Waals surface area contributed by atoms with Crippen molar-refractivity contribution in [2.45, 2.75) is 12.8 Å². The lowest BCUT2D eigenvalue weighted by Crippen LogP contribution is -2.36. The van der Waals surface area contributed by atoms with Crippen LogP contribution in [0.25, 0.3) is 0 Å². The van der Waals surface area contributed by atoms with Crippen LogP contribution < -0.4 is 15.4 Å². The second-order valence-electron chi connectivity index (χ2n) is 6.24. The minimum Gasteiger partial charge on any atom is -0.457 e. The zero-order chi connectivity index (χ0) is 19.6. The summed E-state index contributed by atoms with van der Waals surface area (Å²) in [6.07, 6.45) is 1.63. The molecule has 5 heteroatoms. The van der Waals surface area contributed by atoms with E-state index in [0.29, 0.717) is 18.0 Å². The fourth-order valence-electron chi connectivity index (χ4n) is 2.64. The summed E-state index contributed by atoms with van der Waals surface area (Å²) in [6, 6.07) is 26.3. The van der Waals surface area contributed by atoms with Gasteiger partial charge in [-0.1, -0.05) is 48.5 Å². The Kier molecular flexibility index (Phi) is 6.79. The van der Waals surface area contributed by atoms with E-state index in [2.05, 4.69) is 10.6 Å². The number of aryl methyl sites for hydroxylation is 1. The van der Waals surface area contributed by atoms with Crippen molar-refractivity contribution in [2.24, 2.45) is 0 Å². The van der Waals surface area contributed by atoms with E-state index in [1.54, 1.807) is 24.3 Å². The van der Waals surface area contributed by atoms with E-state index < -0.39 is 11.8 Å². The van der Waals surface area contributed by atoms with Crippen LogP contribution in [-0.2, 0) is 16.0 Å². The molecule has 0 heterocycles. The molecule has 0 aliphatic rings. The molecule has 0 spiro atoms. The smallest absolute Gasteiger partial charge is 0.313 e. The molecule has 0 unspecified atom stereocenters. The highest BCUT2D eigenvalue weighted by Crippen LogP contribution is 2.22. The molecule has 2 amide bonds. The molecule has 0 fully saturated rings. The van der Waals surface area contributed by atoms with Gasteiger partial charge in [0.25, 0.3) is 0 Å². The van der Waals surface area contributed by atoms with Gasteiger partial charge in [-0.3, -0.25) is 9.59 Å². The van der Waals surface area contributed by atoms with Crippen LogP contribution in [0, 0.1) is 0 Å². The third-order valence-corrected chi connectivity index (χ3v) is 4.07. The van der Waals surface area contributed by atoms with Crippen LogP contribution in [0.3, 0.4) is 0 Å². The molecule has 3 aromatic carbocycles. The summed E-state index contributed by atoms with van der Waals surface area (Å²) in [7, 11) is 0. The van der Waals surface area contributed by atoms with Gasteiger partial charge >= 0.3 is 11.8 Å². The highest BCUT2D eigenvalue weighted by molar-refractivity contribution is 6.39. The maximum atomic E-state index is 12.0. The summed E-state index contributed by atoms with van der Waals surface area (Å²) in [6.45, 7) is 0.449. The first kappa shape index (κ1) is 19.2. The molecule has 0 aliphatic carbocycles. The van der Waals surface area contributed by atoms with E-state index in [0.717, 1.165) is 18.6 Å². The summed E-state index contributed by atoms with van der Waals surface area (Å²) in [5, 5.41) is 5.23. The average molecular weight is 374 g/mol. The lowest BCUT2D eigenvalue weighted by atomic mass is 10.1. The zero-order valence-corrected chi connectivity index (χ0v) is 15.4. The van der Waals surface area contributed by atoms with Crippen molar-refractivity contribution < 1.29 is 14.3 Å². The molecule has 3 aromatic rings. The number of hydrogen-bond acceptors (Lipinski definition) is 3. The van der Waals surface area contributed by atoms with Crippen LogP contribution in [0.4, 0.5) is 5.69 Å². The second kappa shape index (κ2) is 9.92. The third kappa shape index (κ3) is 5.99. The van der Waals surface area contributed by atoms with Crippen LogP contribution >= 0.6 is 0 Å². The molecular formula is C23H22N2O3. The van der Waals surface area contributed by atoms with Gasteiger partial charge in [0.05, 0.1) is 0 Å². The Morgan fingerprint density at radius 1 is 0.714 bits per heavy atom. The minimum absolute atomic E-state index is 0.449. The maximum absolute atomic E-state index is 12.0. The molecule has 0 bridgehead atoms. The monoisotopic (exact) mass is 374 g/mol. The summed E-state index contributed by atoms with van der Waals surface area (Å²) in [5.74, 6) is 0.0536. The van der Waals surface area contributed by atoms with Gasteiger partial charge in [0.1, 0.15) is 11.5 Å². The van der Waals surface area contributed by atoms with Crippen molar-refractivity contribution in [1.82, 2.24) is 5.32 Å². The Hall–Kier alpha value is -3.60. The number of rotatable bonds is 7. The third-order valence-electron chi connectivity index (χ3n) is 4.07. The Balaban J connectivity index is 1.41. The van der Waals surface area contributed by atoms with E-state index in [1.807, 2.05) is 60.7 Å². The van der Waals surface area contributed by atoms with E-state index in [9.17, 15) is 9.59 Å². The molecular weight excluding hydrogens is 352 g/mol. The molecule has 0 saturated carbocycles. The largest absolute Gasteiger partial charge is 0.457 e. The van der Waals surface area contributed by atoms with E-state index in [1.165, 1.54) is 5.56 Å². The van der Waals surface area contributed by atoms with Gasteiger partial charge in [-0.25, -0.2) is 0 Å². The molecule has 5 nitrogen and oxygen atoms in total. The molecule has 0 aliphatic heterocycles. The molecule has 28 heavy (non-hydrogen) atoms.